The van der Waals surface area contributed by atoms with Crippen molar-refractivity contribution < 1.29 is 9.53 Å². The van der Waals surface area contributed by atoms with E-state index in [1.165, 1.54) is 0 Å². The highest BCUT2D eigenvalue weighted by atomic mass is 32.1. The number of thiazole rings is 1. The average Bonchev–Trinajstić information content (AvgIpc) is 2.96. The number of ether oxygens (including phenoxy) is 1. The van der Waals surface area contributed by atoms with Gasteiger partial charge in [-0.05, 0) is 6.92 Å². The number of carbonyl (C=O) groups is 1. The SMILES string of the molecule is CC(=O)N1C[C@H]2OCCN(Cc3csc(C)n3)[C@H]2C1. The molecule has 0 radical (unpaired) electrons. The van der Waals surface area contributed by atoms with Crippen LogP contribution in [0, 0.1) is 6.92 Å². The Hall–Kier alpha value is -0.980. The van der Waals surface area contributed by atoms with E-state index < -0.39 is 0 Å². The highest BCUT2D eigenvalue weighted by Crippen LogP contribution is 2.24. The lowest BCUT2D eigenvalue weighted by Gasteiger charge is -2.36. The molecule has 2 fully saturated rings. The molecule has 5 nitrogen and oxygen atoms in total. The zero-order valence-electron chi connectivity index (χ0n) is 11.3. The normalized spacial score (nSPS) is 27.6. The molecule has 0 aromatic carbocycles. The smallest absolute Gasteiger partial charge is 0.219 e. The highest BCUT2D eigenvalue weighted by Gasteiger charge is 2.40. The summed E-state index contributed by atoms with van der Waals surface area (Å²) in [5, 5.41) is 3.23. The van der Waals surface area contributed by atoms with E-state index in [0.29, 0.717) is 6.04 Å². The van der Waals surface area contributed by atoms with Crippen LogP contribution in [-0.4, -0.2) is 59.1 Å². The van der Waals surface area contributed by atoms with Gasteiger partial charge in [-0.15, -0.1) is 11.3 Å². The van der Waals surface area contributed by atoms with Gasteiger partial charge in [-0.25, -0.2) is 4.98 Å². The molecule has 104 valence electrons. The minimum absolute atomic E-state index is 0.141. The molecule has 1 aromatic heterocycles. The molecule has 2 aliphatic rings. The van der Waals surface area contributed by atoms with Crippen LogP contribution in [0.4, 0.5) is 0 Å². The maximum absolute atomic E-state index is 11.5. The van der Waals surface area contributed by atoms with Crippen LogP contribution in [0.5, 0.6) is 0 Å². The van der Waals surface area contributed by atoms with Crippen LogP contribution in [0.1, 0.15) is 17.6 Å². The molecular formula is C13H19N3O2S. The molecule has 0 saturated carbocycles. The molecule has 0 aliphatic carbocycles. The van der Waals surface area contributed by atoms with E-state index in [0.717, 1.165) is 43.5 Å². The molecule has 0 bridgehead atoms. The van der Waals surface area contributed by atoms with Gasteiger partial charge in [-0.3, -0.25) is 9.69 Å². The van der Waals surface area contributed by atoms with E-state index in [-0.39, 0.29) is 12.0 Å². The van der Waals surface area contributed by atoms with E-state index in [1.807, 2.05) is 11.8 Å². The van der Waals surface area contributed by atoms with Crippen molar-refractivity contribution in [2.75, 3.05) is 26.2 Å². The Morgan fingerprint density at radius 3 is 3.11 bits per heavy atom. The van der Waals surface area contributed by atoms with Gasteiger partial charge in [0, 0.05) is 38.5 Å². The van der Waals surface area contributed by atoms with Crippen LogP contribution in [-0.2, 0) is 16.1 Å². The third-order valence-electron chi connectivity index (χ3n) is 3.89. The monoisotopic (exact) mass is 281 g/mol. The Labute approximate surface area is 117 Å². The number of nitrogens with zero attached hydrogens (tertiary/aromatic N) is 3. The lowest BCUT2D eigenvalue weighted by atomic mass is 10.1. The number of rotatable bonds is 2. The zero-order chi connectivity index (χ0) is 13.4. The van der Waals surface area contributed by atoms with Crippen molar-refractivity contribution >= 4 is 17.2 Å². The fourth-order valence-corrected chi connectivity index (χ4v) is 3.50. The van der Waals surface area contributed by atoms with E-state index in [2.05, 4.69) is 15.3 Å². The summed E-state index contributed by atoms with van der Waals surface area (Å²) in [4.78, 5) is 20.3. The van der Waals surface area contributed by atoms with Crippen molar-refractivity contribution in [1.82, 2.24) is 14.8 Å². The van der Waals surface area contributed by atoms with Gasteiger partial charge in [0.05, 0.1) is 29.5 Å². The predicted molar refractivity (Wildman–Crippen MR) is 73.0 cm³/mol. The summed E-state index contributed by atoms with van der Waals surface area (Å²) >= 11 is 1.69. The quantitative estimate of drug-likeness (QED) is 0.807. The van der Waals surface area contributed by atoms with Crippen LogP contribution in [0.3, 0.4) is 0 Å². The molecule has 0 spiro atoms. The number of likely N-dealkylation sites (tertiary alicyclic amines) is 1. The van der Waals surface area contributed by atoms with Crippen LogP contribution in [0.15, 0.2) is 5.38 Å². The first-order chi connectivity index (χ1) is 9.13. The molecule has 3 heterocycles. The lowest BCUT2D eigenvalue weighted by molar-refractivity contribution is -0.128. The molecule has 3 rings (SSSR count). The Balaban J connectivity index is 1.70. The number of amides is 1. The minimum atomic E-state index is 0.141. The maximum atomic E-state index is 11.5. The number of carbonyl (C=O) groups excluding carboxylic acids is 1. The Bertz CT molecular complexity index is 476. The van der Waals surface area contributed by atoms with Gasteiger partial charge < -0.3 is 9.64 Å². The van der Waals surface area contributed by atoms with Gasteiger partial charge >= 0.3 is 0 Å². The second-order valence-electron chi connectivity index (χ2n) is 5.23. The summed E-state index contributed by atoms with van der Waals surface area (Å²) < 4.78 is 5.80. The molecule has 6 heteroatoms. The second-order valence-corrected chi connectivity index (χ2v) is 6.29. The van der Waals surface area contributed by atoms with Crippen molar-refractivity contribution in [3.05, 3.63) is 16.1 Å². The molecule has 2 aliphatic heterocycles. The van der Waals surface area contributed by atoms with Gasteiger partial charge in [-0.2, -0.15) is 0 Å². The first-order valence-corrected chi connectivity index (χ1v) is 7.53. The van der Waals surface area contributed by atoms with Crippen LogP contribution >= 0.6 is 11.3 Å². The number of aryl methyl sites for hydroxylation is 1. The van der Waals surface area contributed by atoms with Crippen molar-refractivity contribution in [2.24, 2.45) is 0 Å². The number of aromatic nitrogens is 1. The largest absolute Gasteiger partial charge is 0.373 e. The van der Waals surface area contributed by atoms with E-state index in [1.54, 1.807) is 18.3 Å². The Morgan fingerprint density at radius 2 is 2.42 bits per heavy atom. The highest BCUT2D eigenvalue weighted by molar-refractivity contribution is 7.09. The summed E-state index contributed by atoms with van der Waals surface area (Å²) in [6, 6.07) is 0.319. The van der Waals surface area contributed by atoms with Crippen molar-refractivity contribution in [2.45, 2.75) is 32.5 Å². The van der Waals surface area contributed by atoms with Crippen LogP contribution in [0.25, 0.3) is 0 Å². The summed E-state index contributed by atoms with van der Waals surface area (Å²) in [6.45, 7) is 7.70. The molecule has 1 aromatic rings. The van der Waals surface area contributed by atoms with Crippen LogP contribution < -0.4 is 0 Å². The summed E-state index contributed by atoms with van der Waals surface area (Å²) in [5.41, 5.74) is 1.13. The number of hydrogen-bond acceptors (Lipinski definition) is 5. The average molecular weight is 281 g/mol. The van der Waals surface area contributed by atoms with Gasteiger partial charge in [0.25, 0.3) is 0 Å². The Kier molecular flexibility index (Phi) is 3.56. The predicted octanol–water partition coefficient (Wildman–Crippen LogP) is 0.883. The van der Waals surface area contributed by atoms with Crippen LogP contribution in [0.2, 0.25) is 0 Å². The summed E-state index contributed by atoms with van der Waals surface area (Å²) in [6.07, 6.45) is 0.164. The van der Waals surface area contributed by atoms with Crippen molar-refractivity contribution in [3.8, 4) is 0 Å². The van der Waals surface area contributed by atoms with Gasteiger partial charge in [0.1, 0.15) is 0 Å². The molecule has 0 unspecified atom stereocenters. The molecule has 19 heavy (non-hydrogen) atoms. The van der Waals surface area contributed by atoms with Gasteiger partial charge in [0.15, 0.2) is 0 Å². The zero-order valence-corrected chi connectivity index (χ0v) is 12.2. The van der Waals surface area contributed by atoms with E-state index >= 15 is 0 Å². The fraction of sp³-hybridized carbons (Fsp3) is 0.692. The molecule has 2 saturated heterocycles. The number of fused-ring (bicyclic) bond motifs is 1. The van der Waals surface area contributed by atoms with Gasteiger partial charge in [-0.1, -0.05) is 0 Å². The number of morpholine rings is 1. The second kappa shape index (κ2) is 5.19. The third-order valence-corrected chi connectivity index (χ3v) is 4.72. The van der Waals surface area contributed by atoms with Crippen molar-refractivity contribution in [1.29, 1.82) is 0 Å². The maximum Gasteiger partial charge on any atom is 0.219 e. The molecule has 0 N–H and O–H groups in total. The lowest BCUT2D eigenvalue weighted by Crippen LogP contribution is -2.50. The topological polar surface area (TPSA) is 45.7 Å². The van der Waals surface area contributed by atoms with Gasteiger partial charge in [0.2, 0.25) is 5.91 Å². The minimum Gasteiger partial charge on any atom is -0.373 e. The summed E-state index contributed by atoms with van der Waals surface area (Å²) in [5.74, 6) is 0.141. The van der Waals surface area contributed by atoms with Crippen molar-refractivity contribution in [3.63, 3.8) is 0 Å². The van der Waals surface area contributed by atoms with E-state index in [4.69, 9.17) is 4.74 Å². The third kappa shape index (κ3) is 2.66. The summed E-state index contributed by atoms with van der Waals surface area (Å²) in [7, 11) is 0. The molecule has 2 atom stereocenters. The van der Waals surface area contributed by atoms with E-state index in [9.17, 15) is 4.79 Å². The standard InChI is InChI=1S/C13H19N3O2S/c1-9-14-11(8-19-9)5-15-3-4-18-13-7-16(10(2)17)6-12(13)15/h8,12-13H,3-7H2,1-2H3/t12-,13+/m0/s1. The molecular weight excluding hydrogens is 262 g/mol. The molecule has 1 amide bonds. The first kappa shape index (κ1) is 13.0. The fourth-order valence-electron chi connectivity index (χ4n) is 2.90. The number of hydrogen-bond donors (Lipinski definition) is 0. The Morgan fingerprint density at radius 1 is 1.58 bits per heavy atom. The first-order valence-electron chi connectivity index (χ1n) is 6.65.